The Balaban J connectivity index is 0.00000657. The summed E-state index contributed by atoms with van der Waals surface area (Å²) in [5, 5.41) is 0.680. The first-order valence-electron chi connectivity index (χ1n) is 25.9. The summed E-state index contributed by atoms with van der Waals surface area (Å²) in [5.74, 6) is 1.86. The van der Waals surface area contributed by atoms with Crippen molar-refractivity contribution in [2.45, 2.75) is 104 Å². The smallest absolute Gasteiger partial charge is 0.468 e. The monoisotopic (exact) mass is 1190 g/mol. The number of para-hydroxylation sites is 3. The average Bonchev–Trinajstić information content (AvgIpc) is 3.97. The van der Waals surface area contributed by atoms with Crippen LogP contribution in [0.25, 0.3) is 38.8 Å². The van der Waals surface area contributed by atoms with Crippen LogP contribution in [0.1, 0.15) is 83.1 Å². The maximum atomic E-state index is 6.89. The molecular formula is C58H61B6N4O7Pt-3. The molecule has 2 aromatic heterocycles. The molecule has 0 spiro atoms. The number of nitrogens with zero attached hydrogens (tertiary/aromatic N) is 4. The fourth-order valence-electron chi connectivity index (χ4n) is 9.79. The molecule has 11 nitrogen and oxygen atoms in total. The van der Waals surface area contributed by atoms with E-state index in [1.54, 1.807) is 0 Å². The number of hydrogen-bond donors (Lipinski definition) is 0. The van der Waals surface area contributed by atoms with Gasteiger partial charge in [-0.1, -0.05) is 167 Å². The molecule has 6 aromatic carbocycles. The first kappa shape index (κ1) is 53.9. The Hall–Kier alpha value is -5.49. The Morgan fingerprint density at radius 3 is 1.59 bits per heavy atom. The van der Waals surface area contributed by atoms with Crippen molar-refractivity contribution in [3.63, 3.8) is 0 Å². The largest absolute Gasteiger partial charge is 0.509 e. The molecule has 76 heavy (non-hydrogen) atoms. The zero-order valence-electron chi connectivity index (χ0n) is 45.4. The van der Waals surface area contributed by atoms with Gasteiger partial charge in [0.15, 0.2) is 0 Å². The summed E-state index contributed by atoms with van der Waals surface area (Å²) in [6, 6.07) is 54.7. The Morgan fingerprint density at radius 2 is 1.03 bits per heavy atom. The van der Waals surface area contributed by atoms with Gasteiger partial charge < -0.3 is 46.5 Å². The van der Waals surface area contributed by atoms with Crippen molar-refractivity contribution in [3.8, 4) is 28.4 Å². The third kappa shape index (κ3) is 10.6. The fraction of sp³-hybridized carbons (Fsp3) is 0.276. The van der Waals surface area contributed by atoms with Gasteiger partial charge in [0.1, 0.15) is 5.82 Å². The summed E-state index contributed by atoms with van der Waals surface area (Å²) in [6.07, 6.45) is 1.81. The molecule has 0 unspecified atom stereocenters. The summed E-state index contributed by atoms with van der Waals surface area (Å²) < 4.78 is 49.6. The number of hydrogen-bond acceptors (Lipinski definition) is 10. The zero-order chi connectivity index (χ0) is 52.6. The Labute approximate surface area is 465 Å². The minimum atomic E-state index is -0.826. The quantitative estimate of drug-likeness (QED) is 0.108. The second-order valence-electron chi connectivity index (χ2n) is 24.1. The second-order valence-corrected chi connectivity index (χ2v) is 24.1. The molecule has 0 atom stereocenters. The van der Waals surface area contributed by atoms with Crippen molar-refractivity contribution in [1.29, 1.82) is 0 Å². The topological polar surface area (TPSA) is 88.9 Å². The van der Waals surface area contributed by atoms with Crippen molar-refractivity contribution in [1.82, 2.24) is 9.55 Å². The third-order valence-corrected chi connectivity index (χ3v) is 13.7. The number of aromatic nitrogens is 2. The van der Waals surface area contributed by atoms with Crippen LogP contribution in [-0.2, 0) is 48.5 Å². The number of benzene rings is 6. The molecule has 0 radical (unpaired) electrons. The van der Waals surface area contributed by atoms with Crippen LogP contribution in [0.5, 0.6) is 11.5 Å². The average molecular weight is 1190 g/mol. The van der Waals surface area contributed by atoms with Gasteiger partial charge in [-0.3, -0.25) is 0 Å². The Morgan fingerprint density at radius 1 is 0.487 bits per heavy atom. The fourth-order valence-corrected chi connectivity index (χ4v) is 9.79. The molecule has 8 aromatic rings. The van der Waals surface area contributed by atoms with Gasteiger partial charge in [-0.25, -0.2) is 4.98 Å². The van der Waals surface area contributed by atoms with Gasteiger partial charge in [0.2, 0.25) is 0 Å². The number of pyridine rings is 1. The van der Waals surface area contributed by atoms with Crippen molar-refractivity contribution >= 4 is 98.2 Å². The molecule has 5 heterocycles. The van der Waals surface area contributed by atoms with Crippen molar-refractivity contribution < 1.29 is 53.2 Å². The predicted molar refractivity (Wildman–Crippen MR) is 309 cm³/mol. The third-order valence-electron chi connectivity index (χ3n) is 13.7. The summed E-state index contributed by atoms with van der Waals surface area (Å²) in [4.78, 5) is 9.09. The minimum Gasteiger partial charge on any atom is -0.509 e. The molecule has 3 aliphatic rings. The Kier molecular flexibility index (Phi) is 14.7. The molecule has 0 bridgehead atoms. The normalized spacial score (nSPS) is 15.7. The van der Waals surface area contributed by atoms with Gasteiger partial charge in [-0.2, -0.15) is 12.1 Å². The van der Waals surface area contributed by atoms with Gasteiger partial charge in [0.25, 0.3) is 0 Å². The molecule has 0 saturated carbocycles. The molecule has 0 aliphatic carbocycles. The standard InChI is InChI=1S/C58H61B6N4O7.Pt/c1-55(2,3)61-70-59(71-62(74-61)56(4,5)6)47-26-21-27-48(60-72-63(57(7,8)9)75-64(73-60)58(10,11)12)54(47)67-39-66(50-28-16-17-29-51(50)67)42-24-20-25-43(37-42)69-44-32-33-45-46-36-41(40-22-14-13-15-23-40)31-34-49(46)68(52(45)38-44)53-30-18-19-35-65-53;/h13-36,39H,1-12H3;/q-3;. The summed E-state index contributed by atoms with van der Waals surface area (Å²) in [7, 11) is -3.95. The minimum absolute atomic E-state index is 0. The number of anilines is 4. The van der Waals surface area contributed by atoms with Crippen LogP contribution < -0.4 is 25.5 Å². The van der Waals surface area contributed by atoms with Crippen LogP contribution in [-0.4, -0.2) is 52.3 Å². The maximum Gasteiger partial charge on any atom is 0.468 e. The van der Waals surface area contributed by atoms with E-state index in [0.717, 1.165) is 72.4 Å². The van der Waals surface area contributed by atoms with Gasteiger partial charge in [-0.05, 0) is 68.1 Å². The van der Waals surface area contributed by atoms with E-state index in [0.29, 0.717) is 11.5 Å². The first-order chi connectivity index (χ1) is 35.7. The molecule has 386 valence electrons. The summed E-state index contributed by atoms with van der Waals surface area (Å²) >= 11 is 0. The summed E-state index contributed by atoms with van der Waals surface area (Å²) in [6.45, 7) is 27.5. The molecular weight excluding hydrogens is 1120 g/mol. The molecule has 2 fully saturated rings. The van der Waals surface area contributed by atoms with E-state index in [4.69, 9.17) is 37.2 Å². The van der Waals surface area contributed by atoms with E-state index < -0.39 is 42.7 Å². The van der Waals surface area contributed by atoms with Crippen LogP contribution >= 0.6 is 0 Å². The van der Waals surface area contributed by atoms with E-state index in [1.807, 2.05) is 72.9 Å². The van der Waals surface area contributed by atoms with E-state index in [2.05, 4.69) is 189 Å². The molecule has 3 aliphatic heterocycles. The number of ether oxygens (including phenoxy) is 1. The van der Waals surface area contributed by atoms with Crippen LogP contribution in [0.2, 0.25) is 21.3 Å². The summed E-state index contributed by atoms with van der Waals surface area (Å²) in [5.41, 5.74) is 9.15. The SMILES string of the molecule is CC(C)(C)B1OB(c2cccc(B3OB(C(C)(C)C)OB(C(C)(C)C)O3)c2N2[CH-]N(c3[c-]c(Oc4[c-]c5c(cc4)c4cc(-c6ccccc6)ccc4n5-c4ccccn4)ccc3)c3ccccc32)OB(C(C)(C)C)O1.[Pt]. The van der Waals surface area contributed by atoms with Crippen LogP contribution in [0, 0.1) is 18.8 Å². The van der Waals surface area contributed by atoms with Gasteiger partial charge in [0, 0.05) is 72.3 Å². The second kappa shape index (κ2) is 20.7. The Bertz CT molecular complexity index is 3270. The van der Waals surface area contributed by atoms with Gasteiger partial charge in [0.05, 0.1) is 0 Å². The first-order valence-corrected chi connectivity index (χ1v) is 25.9. The number of fused-ring (bicyclic) bond motifs is 4. The van der Waals surface area contributed by atoms with Crippen molar-refractivity contribution in [3.05, 3.63) is 165 Å². The van der Waals surface area contributed by atoms with Crippen molar-refractivity contribution in [2.24, 2.45) is 0 Å². The zero-order valence-corrected chi connectivity index (χ0v) is 47.6. The molecule has 0 amide bonds. The van der Waals surface area contributed by atoms with E-state index >= 15 is 0 Å². The van der Waals surface area contributed by atoms with E-state index in [1.165, 1.54) is 0 Å². The molecule has 11 rings (SSSR count). The predicted octanol–water partition coefficient (Wildman–Crippen LogP) is 13.3. The van der Waals surface area contributed by atoms with E-state index in [-0.39, 0.29) is 42.3 Å². The van der Waals surface area contributed by atoms with Crippen LogP contribution in [0.15, 0.2) is 146 Å². The maximum absolute atomic E-state index is 6.89. The number of rotatable bonds is 8. The molecule has 0 N–H and O–H groups in total. The molecule has 2 saturated heterocycles. The molecule has 18 heteroatoms. The van der Waals surface area contributed by atoms with Crippen LogP contribution in [0.4, 0.5) is 22.7 Å². The van der Waals surface area contributed by atoms with Crippen molar-refractivity contribution in [2.75, 3.05) is 9.80 Å². The van der Waals surface area contributed by atoms with Gasteiger partial charge in [-0.15, -0.1) is 48.1 Å². The van der Waals surface area contributed by atoms with Gasteiger partial charge >= 0.3 is 42.7 Å². The van der Waals surface area contributed by atoms with Crippen LogP contribution in [0.3, 0.4) is 0 Å². The van der Waals surface area contributed by atoms with E-state index in [9.17, 15) is 0 Å².